The highest BCUT2D eigenvalue weighted by Crippen LogP contribution is 2.24. The van der Waals surface area contributed by atoms with Crippen molar-refractivity contribution in [3.05, 3.63) is 41.7 Å². The van der Waals surface area contributed by atoms with Gasteiger partial charge in [0.25, 0.3) is 0 Å². The predicted molar refractivity (Wildman–Crippen MR) is 102 cm³/mol. The molecule has 1 aliphatic rings. The molecule has 1 aromatic carbocycles. The summed E-state index contributed by atoms with van der Waals surface area (Å²) in [5, 5.41) is 0.759. The molecule has 7 heteroatoms. The maximum absolute atomic E-state index is 12.6. The molecular formula is C19H24N4O2S. The summed E-state index contributed by atoms with van der Waals surface area (Å²) in [7, 11) is 0. The fourth-order valence-electron chi connectivity index (χ4n) is 3.20. The average molecular weight is 372 g/mol. The van der Waals surface area contributed by atoms with Gasteiger partial charge in [0.1, 0.15) is 6.04 Å². The number of thioether (sulfide) groups is 1. The van der Waals surface area contributed by atoms with Crippen LogP contribution in [0.25, 0.3) is 5.69 Å². The molecule has 2 amide bonds. The highest BCUT2D eigenvalue weighted by molar-refractivity contribution is 7.99. The van der Waals surface area contributed by atoms with Crippen LogP contribution < -0.4 is 5.73 Å². The second-order valence-electron chi connectivity index (χ2n) is 6.64. The van der Waals surface area contributed by atoms with Crippen LogP contribution in [0.4, 0.5) is 0 Å². The van der Waals surface area contributed by atoms with Crippen LogP contribution >= 0.6 is 11.8 Å². The van der Waals surface area contributed by atoms with Gasteiger partial charge in [0.05, 0.1) is 5.75 Å². The molecule has 1 saturated heterocycles. The van der Waals surface area contributed by atoms with E-state index in [1.54, 1.807) is 11.1 Å². The number of hydrogen-bond acceptors (Lipinski definition) is 4. The van der Waals surface area contributed by atoms with Gasteiger partial charge in [0.2, 0.25) is 11.8 Å². The molecule has 2 aromatic rings. The Morgan fingerprint density at radius 3 is 2.81 bits per heavy atom. The molecule has 0 bridgehead atoms. The average Bonchev–Trinajstić information content (AvgIpc) is 3.10. The summed E-state index contributed by atoms with van der Waals surface area (Å²) >= 11 is 1.38. The monoisotopic (exact) mass is 372 g/mol. The zero-order valence-electron chi connectivity index (χ0n) is 15.1. The van der Waals surface area contributed by atoms with Crippen molar-refractivity contribution in [2.75, 3.05) is 12.3 Å². The molecule has 26 heavy (non-hydrogen) atoms. The lowest BCUT2D eigenvalue weighted by Gasteiger charge is -2.33. The molecule has 1 atom stereocenters. The zero-order valence-corrected chi connectivity index (χ0v) is 16.0. The second kappa shape index (κ2) is 7.95. The molecule has 2 N–H and O–H groups in total. The van der Waals surface area contributed by atoms with Crippen molar-refractivity contribution >= 4 is 23.6 Å². The molecule has 0 saturated carbocycles. The molecule has 3 rings (SSSR count). The van der Waals surface area contributed by atoms with Crippen LogP contribution in [-0.4, -0.2) is 44.6 Å². The number of imidazole rings is 1. The minimum atomic E-state index is -0.476. The van der Waals surface area contributed by atoms with Gasteiger partial charge in [-0.15, -0.1) is 0 Å². The van der Waals surface area contributed by atoms with Crippen LogP contribution in [0.3, 0.4) is 0 Å². The molecule has 0 radical (unpaired) electrons. The van der Waals surface area contributed by atoms with Crippen LogP contribution in [0, 0.1) is 13.8 Å². The van der Waals surface area contributed by atoms with Crippen molar-refractivity contribution in [2.45, 2.75) is 44.3 Å². The topological polar surface area (TPSA) is 81.2 Å². The number of amides is 2. The standard InChI is InChI=1S/C19H24N4O2S/c1-13-6-7-15(11-14(13)2)22-10-8-21-19(22)26-12-17(24)23-9-4-3-5-16(23)18(20)25/h6-8,10-11,16H,3-5,9,12H2,1-2H3,(H2,20,25)/t16-/m0/s1. The van der Waals surface area contributed by atoms with E-state index in [1.165, 1.54) is 22.9 Å². The van der Waals surface area contributed by atoms with Gasteiger partial charge in [-0.1, -0.05) is 17.8 Å². The highest BCUT2D eigenvalue weighted by atomic mass is 32.2. The van der Waals surface area contributed by atoms with E-state index < -0.39 is 11.9 Å². The first kappa shape index (κ1) is 18.5. The number of aromatic nitrogens is 2. The fourth-order valence-corrected chi connectivity index (χ4v) is 4.06. The SMILES string of the molecule is Cc1ccc(-n2ccnc2SCC(=O)N2CCCC[C@H]2C(N)=O)cc1C. The lowest BCUT2D eigenvalue weighted by molar-refractivity contribution is -0.138. The van der Waals surface area contributed by atoms with Gasteiger partial charge in [0.15, 0.2) is 5.16 Å². The van der Waals surface area contributed by atoms with E-state index in [2.05, 4.69) is 31.0 Å². The number of hydrogen-bond donors (Lipinski definition) is 1. The first-order chi connectivity index (χ1) is 12.5. The Morgan fingerprint density at radius 1 is 1.27 bits per heavy atom. The van der Waals surface area contributed by atoms with E-state index >= 15 is 0 Å². The Labute approximate surface area is 157 Å². The van der Waals surface area contributed by atoms with Crippen molar-refractivity contribution in [1.29, 1.82) is 0 Å². The van der Waals surface area contributed by atoms with Crippen molar-refractivity contribution in [3.63, 3.8) is 0 Å². The normalized spacial score (nSPS) is 17.3. The number of nitrogens with two attached hydrogens (primary N) is 1. The molecule has 0 spiro atoms. The van der Waals surface area contributed by atoms with Gasteiger partial charge < -0.3 is 10.6 Å². The maximum atomic E-state index is 12.6. The quantitative estimate of drug-likeness (QED) is 0.818. The minimum absolute atomic E-state index is 0.0619. The van der Waals surface area contributed by atoms with Gasteiger partial charge in [-0.3, -0.25) is 14.2 Å². The number of carbonyl (C=O) groups is 2. The van der Waals surface area contributed by atoms with E-state index in [0.29, 0.717) is 13.0 Å². The molecule has 6 nitrogen and oxygen atoms in total. The zero-order chi connectivity index (χ0) is 18.7. The number of primary amides is 1. The lowest BCUT2D eigenvalue weighted by Crippen LogP contribution is -2.51. The third kappa shape index (κ3) is 3.93. The third-order valence-electron chi connectivity index (χ3n) is 4.85. The molecule has 0 unspecified atom stereocenters. The number of piperidine rings is 1. The first-order valence-corrected chi connectivity index (χ1v) is 9.78. The number of carbonyl (C=O) groups excluding carboxylic acids is 2. The van der Waals surface area contributed by atoms with Crippen molar-refractivity contribution < 1.29 is 9.59 Å². The molecule has 2 heterocycles. The van der Waals surface area contributed by atoms with Crippen LogP contribution in [0.5, 0.6) is 0 Å². The fraction of sp³-hybridized carbons (Fsp3) is 0.421. The molecule has 1 aromatic heterocycles. The Hall–Kier alpha value is -2.28. The summed E-state index contributed by atoms with van der Waals surface area (Å²) < 4.78 is 1.98. The number of nitrogens with zero attached hydrogens (tertiary/aromatic N) is 3. The summed E-state index contributed by atoms with van der Waals surface area (Å²) in [6.45, 7) is 4.75. The van der Waals surface area contributed by atoms with E-state index in [4.69, 9.17) is 5.73 Å². The number of rotatable bonds is 5. The summed E-state index contributed by atoms with van der Waals surface area (Å²) in [6, 6.07) is 5.76. The van der Waals surface area contributed by atoms with Gasteiger partial charge in [-0.05, 0) is 56.4 Å². The molecule has 138 valence electrons. The lowest BCUT2D eigenvalue weighted by atomic mass is 10.0. The number of benzene rings is 1. The number of likely N-dealkylation sites (tertiary alicyclic amines) is 1. The summed E-state index contributed by atoms with van der Waals surface area (Å²) in [5.74, 6) is -0.237. The first-order valence-electron chi connectivity index (χ1n) is 8.80. The predicted octanol–water partition coefficient (Wildman–Crippen LogP) is 2.45. The summed E-state index contributed by atoms with van der Waals surface area (Å²) in [5.41, 5.74) is 8.92. The van der Waals surface area contributed by atoms with E-state index in [1.807, 2.05) is 16.8 Å². The van der Waals surface area contributed by atoms with E-state index in [9.17, 15) is 9.59 Å². The van der Waals surface area contributed by atoms with Crippen molar-refractivity contribution in [1.82, 2.24) is 14.5 Å². The Morgan fingerprint density at radius 2 is 2.08 bits per heavy atom. The van der Waals surface area contributed by atoms with Crippen LogP contribution in [0.15, 0.2) is 35.7 Å². The second-order valence-corrected chi connectivity index (χ2v) is 7.58. The smallest absolute Gasteiger partial charge is 0.240 e. The summed E-state index contributed by atoms with van der Waals surface area (Å²) in [6.07, 6.45) is 6.13. The molecule has 1 fully saturated rings. The summed E-state index contributed by atoms with van der Waals surface area (Å²) in [4.78, 5) is 30.2. The third-order valence-corrected chi connectivity index (χ3v) is 5.80. The minimum Gasteiger partial charge on any atom is -0.368 e. The molecule has 1 aliphatic heterocycles. The van der Waals surface area contributed by atoms with Crippen LogP contribution in [0.1, 0.15) is 30.4 Å². The van der Waals surface area contributed by atoms with E-state index in [-0.39, 0.29) is 11.7 Å². The van der Waals surface area contributed by atoms with Gasteiger partial charge in [-0.25, -0.2) is 4.98 Å². The molecule has 0 aliphatic carbocycles. The van der Waals surface area contributed by atoms with Gasteiger partial charge in [0, 0.05) is 24.6 Å². The van der Waals surface area contributed by atoms with Crippen LogP contribution in [0.2, 0.25) is 0 Å². The van der Waals surface area contributed by atoms with Gasteiger partial charge >= 0.3 is 0 Å². The Kier molecular flexibility index (Phi) is 5.66. The molecular weight excluding hydrogens is 348 g/mol. The Bertz CT molecular complexity index is 818. The highest BCUT2D eigenvalue weighted by Gasteiger charge is 2.30. The largest absolute Gasteiger partial charge is 0.368 e. The number of aryl methyl sites for hydroxylation is 2. The Balaban J connectivity index is 1.70. The van der Waals surface area contributed by atoms with Crippen molar-refractivity contribution in [2.24, 2.45) is 5.73 Å². The van der Waals surface area contributed by atoms with Crippen molar-refractivity contribution in [3.8, 4) is 5.69 Å². The maximum Gasteiger partial charge on any atom is 0.240 e. The van der Waals surface area contributed by atoms with E-state index in [0.717, 1.165) is 23.7 Å². The van der Waals surface area contributed by atoms with Crippen LogP contribution in [-0.2, 0) is 9.59 Å². The van der Waals surface area contributed by atoms with Gasteiger partial charge in [-0.2, -0.15) is 0 Å².